The van der Waals surface area contributed by atoms with Crippen LogP contribution in [0.25, 0.3) is 0 Å². The molecule has 0 radical (unpaired) electrons. The standard InChI is InChI=1S/C9H10N2O2/c1-5-3-7(11-9(10)13)4-6(2)8(5)12/h3-4H,1-2H3,(H2,10,13). The predicted molar refractivity (Wildman–Crippen MR) is 49.5 cm³/mol. The molecule has 0 fully saturated rings. The van der Waals surface area contributed by atoms with Crippen molar-refractivity contribution in [3.05, 3.63) is 23.3 Å². The van der Waals surface area contributed by atoms with Crippen LogP contribution in [0, 0.1) is 0 Å². The van der Waals surface area contributed by atoms with Gasteiger partial charge in [0.25, 0.3) is 0 Å². The highest BCUT2D eigenvalue weighted by Gasteiger charge is 2.13. The summed E-state index contributed by atoms with van der Waals surface area (Å²) in [5, 5.41) is 0. The van der Waals surface area contributed by atoms with Gasteiger partial charge in [0.05, 0.1) is 5.71 Å². The number of allylic oxidation sites excluding steroid dienone is 4. The summed E-state index contributed by atoms with van der Waals surface area (Å²) >= 11 is 0. The van der Waals surface area contributed by atoms with Gasteiger partial charge in [-0.25, -0.2) is 4.79 Å². The summed E-state index contributed by atoms with van der Waals surface area (Å²) in [6.45, 7) is 3.35. The van der Waals surface area contributed by atoms with E-state index in [9.17, 15) is 9.59 Å². The number of hydrogen-bond donors (Lipinski definition) is 1. The molecule has 0 atom stereocenters. The minimum Gasteiger partial charge on any atom is -0.350 e. The average Bonchev–Trinajstić information content (AvgIpc) is 1.98. The molecule has 68 valence electrons. The van der Waals surface area contributed by atoms with Crippen LogP contribution < -0.4 is 5.73 Å². The fraction of sp³-hybridized carbons (Fsp3) is 0.222. The minimum atomic E-state index is -0.752. The molecule has 0 unspecified atom stereocenters. The maximum Gasteiger partial charge on any atom is 0.338 e. The second kappa shape index (κ2) is 3.35. The molecule has 0 aromatic heterocycles. The third-order valence-electron chi connectivity index (χ3n) is 1.68. The smallest absolute Gasteiger partial charge is 0.338 e. The highest BCUT2D eigenvalue weighted by atomic mass is 16.2. The van der Waals surface area contributed by atoms with Gasteiger partial charge in [-0.05, 0) is 37.1 Å². The van der Waals surface area contributed by atoms with Gasteiger partial charge in [0.1, 0.15) is 0 Å². The van der Waals surface area contributed by atoms with Gasteiger partial charge >= 0.3 is 6.03 Å². The van der Waals surface area contributed by atoms with Crippen molar-refractivity contribution in [3.8, 4) is 0 Å². The number of urea groups is 1. The zero-order chi connectivity index (χ0) is 10.0. The number of rotatable bonds is 0. The number of Topliss-reactive ketones (excluding diaryl/α,β-unsaturated/α-hetero) is 1. The number of carbonyl (C=O) groups is 2. The zero-order valence-corrected chi connectivity index (χ0v) is 7.50. The summed E-state index contributed by atoms with van der Waals surface area (Å²) in [4.78, 5) is 25.2. The van der Waals surface area contributed by atoms with E-state index in [2.05, 4.69) is 4.99 Å². The van der Waals surface area contributed by atoms with Gasteiger partial charge in [0, 0.05) is 0 Å². The lowest BCUT2D eigenvalue weighted by molar-refractivity contribution is -0.112. The van der Waals surface area contributed by atoms with Gasteiger partial charge in [-0.15, -0.1) is 0 Å². The number of amides is 2. The van der Waals surface area contributed by atoms with Gasteiger partial charge in [-0.2, -0.15) is 4.99 Å². The van der Waals surface area contributed by atoms with Gasteiger partial charge in [-0.3, -0.25) is 4.79 Å². The van der Waals surface area contributed by atoms with Crippen LogP contribution in [0.5, 0.6) is 0 Å². The lowest BCUT2D eigenvalue weighted by Crippen LogP contribution is -2.13. The third kappa shape index (κ3) is 2.11. The summed E-state index contributed by atoms with van der Waals surface area (Å²) in [6.07, 6.45) is 3.08. The Kier molecular flexibility index (Phi) is 2.41. The van der Waals surface area contributed by atoms with Crippen molar-refractivity contribution in [2.45, 2.75) is 13.8 Å². The molecule has 13 heavy (non-hydrogen) atoms. The Labute approximate surface area is 75.8 Å². The molecule has 1 rings (SSSR count). The van der Waals surface area contributed by atoms with Crippen LogP contribution in [0.1, 0.15) is 13.8 Å². The first-order chi connectivity index (χ1) is 6.00. The van der Waals surface area contributed by atoms with Crippen molar-refractivity contribution in [3.63, 3.8) is 0 Å². The van der Waals surface area contributed by atoms with E-state index in [1.807, 2.05) is 0 Å². The van der Waals surface area contributed by atoms with Crippen LogP contribution >= 0.6 is 0 Å². The summed E-state index contributed by atoms with van der Waals surface area (Å²) in [5.41, 5.74) is 6.45. The average molecular weight is 178 g/mol. The van der Waals surface area contributed by atoms with E-state index in [4.69, 9.17) is 5.73 Å². The number of aliphatic imine (C=N–C) groups is 1. The molecule has 2 amide bonds. The first-order valence-electron chi connectivity index (χ1n) is 3.80. The monoisotopic (exact) mass is 178 g/mol. The highest BCUT2D eigenvalue weighted by Crippen LogP contribution is 2.11. The van der Waals surface area contributed by atoms with Gasteiger partial charge in [0.15, 0.2) is 5.78 Å². The molecule has 0 aromatic rings. The van der Waals surface area contributed by atoms with E-state index < -0.39 is 6.03 Å². The van der Waals surface area contributed by atoms with E-state index in [0.717, 1.165) is 0 Å². The van der Waals surface area contributed by atoms with E-state index in [-0.39, 0.29) is 5.78 Å². The highest BCUT2D eigenvalue weighted by molar-refractivity contribution is 6.22. The fourth-order valence-corrected chi connectivity index (χ4v) is 1.12. The summed E-state index contributed by atoms with van der Waals surface area (Å²) in [7, 11) is 0. The number of carbonyl (C=O) groups excluding carboxylic acids is 2. The number of ketones is 1. The quantitative estimate of drug-likeness (QED) is 0.561. The molecule has 0 saturated heterocycles. The molecule has 0 bridgehead atoms. The third-order valence-corrected chi connectivity index (χ3v) is 1.68. The normalized spacial score (nSPS) is 16.5. The molecule has 0 aromatic carbocycles. The van der Waals surface area contributed by atoms with Crippen LogP contribution in [0.2, 0.25) is 0 Å². The SMILES string of the molecule is CC1=CC(=NC(N)=O)C=C(C)C1=O. The first kappa shape index (κ1) is 9.38. The Morgan fingerprint density at radius 1 is 1.31 bits per heavy atom. The molecular formula is C9H10N2O2. The number of nitrogens with two attached hydrogens (primary N) is 1. The van der Waals surface area contributed by atoms with E-state index in [0.29, 0.717) is 16.9 Å². The molecule has 0 aliphatic heterocycles. The Morgan fingerprint density at radius 2 is 1.77 bits per heavy atom. The van der Waals surface area contributed by atoms with Crippen molar-refractivity contribution < 1.29 is 9.59 Å². The predicted octanol–water partition coefficient (Wildman–Crippen LogP) is 0.981. The summed E-state index contributed by atoms with van der Waals surface area (Å²) < 4.78 is 0. The van der Waals surface area contributed by atoms with E-state index in [1.165, 1.54) is 0 Å². The van der Waals surface area contributed by atoms with Crippen molar-refractivity contribution in [1.29, 1.82) is 0 Å². The van der Waals surface area contributed by atoms with Gasteiger partial charge in [-0.1, -0.05) is 0 Å². The molecule has 2 N–H and O–H groups in total. The Morgan fingerprint density at radius 3 is 2.15 bits per heavy atom. The molecule has 4 nitrogen and oxygen atoms in total. The first-order valence-corrected chi connectivity index (χ1v) is 3.80. The lowest BCUT2D eigenvalue weighted by atomic mass is 9.98. The second-order valence-corrected chi connectivity index (χ2v) is 2.86. The maximum atomic E-state index is 11.2. The van der Waals surface area contributed by atoms with Crippen LogP contribution in [0.3, 0.4) is 0 Å². The van der Waals surface area contributed by atoms with Crippen LogP contribution in [-0.2, 0) is 4.79 Å². The lowest BCUT2D eigenvalue weighted by Gasteiger charge is -2.07. The molecular weight excluding hydrogens is 168 g/mol. The topological polar surface area (TPSA) is 72.5 Å². The fourth-order valence-electron chi connectivity index (χ4n) is 1.12. The summed E-state index contributed by atoms with van der Waals surface area (Å²) in [6, 6.07) is -0.752. The molecule has 4 heteroatoms. The van der Waals surface area contributed by atoms with Crippen molar-refractivity contribution in [2.75, 3.05) is 0 Å². The van der Waals surface area contributed by atoms with Crippen molar-refractivity contribution in [1.82, 2.24) is 0 Å². The molecule has 0 spiro atoms. The van der Waals surface area contributed by atoms with Gasteiger partial charge < -0.3 is 5.73 Å². The van der Waals surface area contributed by atoms with Crippen LogP contribution in [0.4, 0.5) is 4.79 Å². The Hall–Kier alpha value is -1.71. The van der Waals surface area contributed by atoms with Crippen molar-refractivity contribution >= 4 is 17.5 Å². The zero-order valence-electron chi connectivity index (χ0n) is 7.50. The summed E-state index contributed by atoms with van der Waals surface area (Å²) in [5.74, 6) is -0.0246. The number of hydrogen-bond acceptors (Lipinski definition) is 2. The maximum absolute atomic E-state index is 11.2. The van der Waals surface area contributed by atoms with Crippen molar-refractivity contribution in [2.24, 2.45) is 10.7 Å². The van der Waals surface area contributed by atoms with E-state index >= 15 is 0 Å². The minimum absolute atomic E-state index is 0.0246. The molecule has 1 aliphatic rings. The Bertz CT molecular complexity index is 338. The largest absolute Gasteiger partial charge is 0.350 e. The van der Waals surface area contributed by atoms with Gasteiger partial charge in [0.2, 0.25) is 0 Å². The van der Waals surface area contributed by atoms with Crippen LogP contribution in [0.15, 0.2) is 28.3 Å². The molecule has 0 heterocycles. The van der Waals surface area contributed by atoms with Crippen LogP contribution in [-0.4, -0.2) is 17.5 Å². The Balaban J connectivity index is 3.07. The number of nitrogens with zero attached hydrogens (tertiary/aromatic N) is 1. The number of primary amides is 1. The second-order valence-electron chi connectivity index (χ2n) is 2.86. The van der Waals surface area contributed by atoms with E-state index in [1.54, 1.807) is 26.0 Å². The molecule has 0 saturated carbocycles. The molecule has 1 aliphatic carbocycles.